The lowest BCUT2D eigenvalue weighted by atomic mass is 10.1. The Morgan fingerprint density at radius 3 is 2.75 bits per heavy atom. The van der Waals surface area contributed by atoms with Gasteiger partial charge >= 0.3 is 5.97 Å². The van der Waals surface area contributed by atoms with Gasteiger partial charge in [-0.05, 0) is 12.1 Å². The highest BCUT2D eigenvalue weighted by molar-refractivity contribution is 9.10. The summed E-state index contributed by atoms with van der Waals surface area (Å²) in [6.45, 7) is 0. The Kier molecular flexibility index (Phi) is 4.76. The van der Waals surface area contributed by atoms with E-state index >= 15 is 0 Å². The van der Waals surface area contributed by atoms with Crippen molar-refractivity contribution in [2.75, 3.05) is 14.2 Å². The normalized spacial score (nSPS) is 12.0. The van der Waals surface area contributed by atoms with Crippen molar-refractivity contribution in [2.24, 2.45) is 0 Å². The number of aliphatic hydroxyl groups excluding tert-OH is 1. The highest BCUT2D eigenvalue weighted by Crippen LogP contribution is 2.33. The molecule has 4 nitrogen and oxygen atoms in total. The summed E-state index contributed by atoms with van der Waals surface area (Å²) in [7, 11) is 2.79. The van der Waals surface area contributed by atoms with Crippen LogP contribution < -0.4 is 4.74 Å². The van der Waals surface area contributed by atoms with Crippen LogP contribution in [0.3, 0.4) is 0 Å². The van der Waals surface area contributed by atoms with E-state index in [-0.39, 0.29) is 6.42 Å². The fourth-order valence-corrected chi connectivity index (χ4v) is 1.97. The monoisotopic (exact) mass is 288 g/mol. The van der Waals surface area contributed by atoms with Gasteiger partial charge < -0.3 is 14.6 Å². The van der Waals surface area contributed by atoms with Crippen molar-refractivity contribution in [2.45, 2.75) is 12.5 Å². The molecule has 0 unspecified atom stereocenters. The van der Waals surface area contributed by atoms with Crippen molar-refractivity contribution in [1.82, 2.24) is 0 Å². The average molecular weight is 289 g/mol. The molecule has 0 spiro atoms. The maximum Gasteiger partial charge on any atom is 0.308 e. The third-order valence-electron chi connectivity index (χ3n) is 2.15. The third-order valence-corrected chi connectivity index (χ3v) is 2.85. The van der Waals surface area contributed by atoms with Crippen molar-refractivity contribution in [3.05, 3.63) is 28.2 Å². The van der Waals surface area contributed by atoms with Gasteiger partial charge in [0.2, 0.25) is 0 Å². The van der Waals surface area contributed by atoms with Crippen LogP contribution in [0.2, 0.25) is 0 Å². The lowest BCUT2D eigenvalue weighted by Crippen LogP contribution is -2.09. The molecule has 0 amide bonds. The molecule has 0 aliphatic rings. The van der Waals surface area contributed by atoms with Gasteiger partial charge in [-0.1, -0.05) is 22.0 Å². The Labute approximate surface area is 102 Å². The molecule has 1 aromatic rings. The molecule has 0 aliphatic carbocycles. The van der Waals surface area contributed by atoms with Gasteiger partial charge in [0, 0.05) is 10.0 Å². The van der Waals surface area contributed by atoms with Gasteiger partial charge in [0.15, 0.2) is 0 Å². The maximum atomic E-state index is 11.1. The predicted molar refractivity (Wildman–Crippen MR) is 62.3 cm³/mol. The standard InChI is InChI=1S/C11H13BrO4/c1-15-9-5-3-4-7(12)11(9)8(13)6-10(14)16-2/h3-5,8,13H,6H2,1-2H3/t8-/m1/s1. The topological polar surface area (TPSA) is 55.8 Å². The molecule has 0 heterocycles. The SMILES string of the molecule is COC(=O)C[C@@H](O)c1c(Br)cccc1OC. The van der Waals surface area contributed by atoms with Crippen LogP contribution in [0, 0.1) is 0 Å². The quantitative estimate of drug-likeness (QED) is 0.862. The molecule has 0 aromatic heterocycles. The minimum absolute atomic E-state index is 0.102. The van der Waals surface area contributed by atoms with Crippen LogP contribution >= 0.6 is 15.9 Å². The van der Waals surface area contributed by atoms with E-state index in [0.29, 0.717) is 15.8 Å². The molecule has 1 rings (SSSR count). The van der Waals surface area contributed by atoms with Crippen LogP contribution in [-0.4, -0.2) is 25.3 Å². The van der Waals surface area contributed by atoms with E-state index in [1.165, 1.54) is 14.2 Å². The van der Waals surface area contributed by atoms with Crippen LogP contribution in [-0.2, 0) is 9.53 Å². The van der Waals surface area contributed by atoms with E-state index in [2.05, 4.69) is 20.7 Å². The summed E-state index contributed by atoms with van der Waals surface area (Å²) >= 11 is 3.31. The summed E-state index contributed by atoms with van der Waals surface area (Å²) in [5, 5.41) is 9.90. The van der Waals surface area contributed by atoms with Crippen molar-refractivity contribution in [3.8, 4) is 5.75 Å². The lowest BCUT2D eigenvalue weighted by molar-refractivity contribution is -0.142. The molecule has 1 atom stereocenters. The molecule has 0 aliphatic heterocycles. The first-order valence-corrected chi connectivity index (χ1v) is 5.46. The third kappa shape index (κ3) is 2.96. The molecule has 0 saturated heterocycles. The molecule has 16 heavy (non-hydrogen) atoms. The van der Waals surface area contributed by atoms with Crippen molar-refractivity contribution in [3.63, 3.8) is 0 Å². The summed E-state index contributed by atoms with van der Waals surface area (Å²) in [6.07, 6.45) is -1.05. The van der Waals surface area contributed by atoms with Crippen LogP contribution in [0.5, 0.6) is 5.75 Å². The first-order valence-electron chi connectivity index (χ1n) is 4.67. The summed E-state index contributed by atoms with van der Waals surface area (Å²) in [5.74, 6) is 0.0658. The van der Waals surface area contributed by atoms with Crippen molar-refractivity contribution < 1.29 is 19.4 Å². The second-order valence-corrected chi connectivity index (χ2v) is 4.01. The minimum atomic E-state index is -0.946. The maximum absolute atomic E-state index is 11.1. The number of benzene rings is 1. The van der Waals surface area contributed by atoms with Gasteiger partial charge in [0.05, 0.1) is 26.7 Å². The van der Waals surface area contributed by atoms with Crippen LogP contribution in [0.4, 0.5) is 0 Å². The summed E-state index contributed by atoms with van der Waals surface area (Å²) < 4.78 is 10.3. The highest BCUT2D eigenvalue weighted by atomic mass is 79.9. The molecule has 88 valence electrons. The van der Waals surface area contributed by atoms with E-state index in [9.17, 15) is 9.90 Å². The molecule has 1 N–H and O–H groups in total. The van der Waals surface area contributed by atoms with Gasteiger partial charge in [0.1, 0.15) is 5.75 Å². The zero-order valence-electron chi connectivity index (χ0n) is 9.07. The van der Waals surface area contributed by atoms with Gasteiger partial charge in [-0.3, -0.25) is 4.79 Å². The fourth-order valence-electron chi connectivity index (χ4n) is 1.36. The number of hydrogen-bond acceptors (Lipinski definition) is 4. The zero-order chi connectivity index (χ0) is 12.1. The fraction of sp³-hybridized carbons (Fsp3) is 0.364. The minimum Gasteiger partial charge on any atom is -0.496 e. The molecular formula is C11H13BrO4. The molecular weight excluding hydrogens is 276 g/mol. The van der Waals surface area contributed by atoms with Crippen molar-refractivity contribution >= 4 is 21.9 Å². The largest absolute Gasteiger partial charge is 0.496 e. The van der Waals surface area contributed by atoms with Gasteiger partial charge in [-0.2, -0.15) is 0 Å². The number of hydrogen-bond donors (Lipinski definition) is 1. The average Bonchev–Trinajstić information content (AvgIpc) is 2.28. The molecule has 1 aromatic carbocycles. The van der Waals surface area contributed by atoms with Crippen molar-refractivity contribution in [1.29, 1.82) is 0 Å². The Bertz CT molecular complexity index is 378. The van der Waals surface area contributed by atoms with Crippen LogP contribution in [0.25, 0.3) is 0 Å². The number of aliphatic hydroxyl groups is 1. The van der Waals surface area contributed by atoms with E-state index in [1.807, 2.05) is 0 Å². The Morgan fingerprint density at radius 1 is 1.50 bits per heavy atom. The van der Waals surface area contributed by atoms with E-state index < -0.39 is 12.1 Å². The molecule has 0 saturated carbocycles. The smallest absolute Gasteiger partial charge is 0.308 e. The summed E-state index contributed by atoms with van der Waals surface area (Å²) in [4.78, 5) is 11.1. The summed E-state index contributed by atoms with van der Waals surface area (Å²) in [5.41, 5.74) is 0.551. The van der Waals surface area contributed by atoms with Crippen LogP contribution in [0.15, 0.2) is 22.7 Å². The second-order valence-electron chi connectivity index (χ2n) is 3.15. The lowest BCUT2D eigenvalue weighted by Gasteiger charge is -2.15. The second kappa shape index (κ2) is 5.86. The number of ether oxygens (including phenoxy) is 2. The van der Waals surface area contributed by atoms with Gasteiger partial charge in [0.25, 0.3) is 0 Å². The summed E-state index contributed by atoms with van der Waals surface area (Å²) in [6, 6.07) is 5.29. The highest BCUT2D eigenvalue weighted by Gasteiger charge is 2.19. The molecule has 0 radical (unpaired) electrons. The molecule has 0 fully saturated rings. The first-order chi connectivity index (χ1) is 7.60. The number of carbonyl (C=O) groups excluding carboxylic acids is 1. The van der Waals surface area contributed by atoms with E-state index in [4.69, 9.17) is 4.74 Å². The number of halogens is 1. The Balaban J connectivity index is 2.97. The first kappa shape index (κ1) is 13.0. The molecule has 5 heteroatoms. The van der Waals surface area contributed by atoms with E-state index in [1.54, 1.807) is 18.2 Å². The van der Waals surface area contributed by atoms with Gasteiger partial charge in [-0.25, -0.2) is 0 Å². The zero-order valence-corrected chi connectivity index (χ0v) is 10.7. The molecule has 0 bridgehead atoms. The predicted octanol–water partition coefficient (Wildman–Crippen LogP) is 2.05. The Hall–Kier alpha value is -1.07. The number of rotatable bonds is 4. The number of methoxy groups -OCH3 is 2. The number of esters is 1. The Morgan fingerprint density at radius 2 is 2.19 bits per heavy atom. The van der Waals surface area contributed by atoms with Crippen LogP contribution in [0.1, 0.15) is 18.1 Å². The van der Waals surface area contributed by atoms with Gasteiger partial charge in [-0.15, -0.1) is 0 Å². The number of carbonyl (C=O) groups is 1. The van der Waals surface area contributed by atoms with E-state index in [0.717, 1.165) is 0 Å².